The Hall–Kier alpha value is -2.16. The third-order valence-electron chi connectivity index (χ3n) is 3.27. The van der Waals surface area contributed by atoms with Gasteiger partial charge in [-0.15, -0.1) is 0 Å². The van der Waals surface area contributed by atoms with E-state index in [1.54, 1.807) is 0 Å². The Morgan fingerprint density at radius 2 is 1.50 bits per heavy atom. The van der Waals surface area contributed by atoms with Crippen molar-refractivity contribution in [1.29, 1.82) is 0 Å². The van der Waals surface area contributed by atoms with E-state index in [0.717, 1.165) is 21.3 Å². The fraction of sp³-hybridized carbons (Fsp3) is 0.733. The minimum atomic E-state index is -1.49. The summed E-state index contributed by atoms with van der Waals surface area (Å²) in [5, 5.41) is 12.1. The first kappa shape index (κ1) is 21.8. The highest BCUT2D eigenvalue weighted by atomic mass is 16.5. The Labute approximate surface area is 140 Å². The first-order chi connectivity index (χ1) is 11.2. The lowest BCUT2D eigenvalue weighted by Gasteiger charge is -2.24. The summed E-state index contributed by atoms with van der Waals surface area (Å²) in [7, 11) is 3.27. The van der Waals surface area contributed by atoms with E-state index >= 15 is 0 Å². The molecule has 0 aliphatic heterocycles. The summed E-state index contributed by atoms with van der Waals surface area (Å²) in [5.41, 5.74) is 0. The molecule has 0 heterocycles. The van der Waals surface area contributed by atoms with Gasteiger partial charge in [-0.05, 0) is 12.3 Å². The van der Waals surface area contributed by atoms with Crippen LogP contribution in [-0.2, 0) is 33.4 Å². The van der Waals surface area contributed by atoms with Crippen LogP contribution < -0.4 is 5.32 Å². The van der Waals surface area contributed by atoms with Crippen LogP contribution in [0.2, 0.25) is 0 Å². The van der Waals surface area contributed by atoms with Gasteiger partial charge < -0.3 is 24.6 Å². The van der Waals surface area contributed by atoms with Crippen LogP contribution in [0.4, 0.5) is 0 Å². The van der Waals surface area contributed by atoms with Gasteiger partial charge in [-0.2, -0.15) is 0 Å². The van der Waals surface area contributed by atoms with Crippen molar-refractivity contribution in [2.24, 2.45) is 11.8 Å². The number of aliphatic hydroxyl groups excluding tert-OH is 1. The van der Waals surface area contributed by atoms with Crippen molar-refractivity contribution in [3.8, 4) is 0 Å². The van der Waals surface area contributed by atoms with Crippen molar-refractivity contribution in [1.82, 2.24) is 5.32 Å². The zero-order valence-electron chi connectivity index (χ0n) is 14.5. The molecule has 0 rings (SSSR count). The van der Waals surface area contributed by atoms with Crippen LogP contribution in [-0.4, -0.2) is 62.4 Å². The van der Waals surface area contributed by atoms with E-state index in [2.05, 4.69) is 19.5 Å². The molecule has 0 aromatic rings. The summed E-state index contributed by atoms with van der Waals surface area (Å²) < 4.78 is 13.6. The van der Waals surface area contributed by atoms with Crippen molar-refractivity contribution in [2.45, 2.75) is 38.8 Å². The Morgan fingerprint density at radius 1 is 0.958 bits per heavy atom. The minimum absolute atomic E-state index is 0.0359. The third-order valence-corrected chi connectivity index (χ3v) is 3.27. The average molecular weight is 347 g/mol. The average Bonchev–Trinajstić information content (AvgIpc) is 2.55. The van der Waals surface area contributed by atoms with E-state index in [-0.39, 0.29) is 12.3 Å². The molecule has 0 saturated carbocycles. The van der Waals surface area contributed by atoms with Gasteiger partial charge in [0, 0.05) is 0 Å². The highest BCUT2D eigenvalue weighted by Gasteiger charge is 2.39. The van der Waals surface area contributed by atoms with Gasteiger partial charge in [-0.3, -0.25) is 14.4 Å². The van der Waals surface area contributed by atoms with Gasteiger partial charge in [0.15, 0.2) is 0 Å². The molecule has 0 unspecified atom stereocenters. The highest BCUT2D eigenvalue weighted by Crippen LogP contribution is 2.15. The van der Waals surface area contributed by atoms with Crippen LogP contribution in [0.3, 0.4) is 0 Å². The molecular weight excluding hydrogens is 322 g/mol. The molecule has 0 saturated heterocycles. The maximum atomic E-state index is 12.0. The molecule has 9 nitrogen and oxygen atoms in total. The lowest BCUT2D eigenvalue weighted by atomic mass is 9.95. The number of aliphatic hydroxyl groups is 1. The quantitative estimate of drug-likeness (QED) is 0.418. The molecule has 2 N–H and O–H groups in total. The number of carbonyl (C=O) groups is 4. The molecule has 0 aliphatic carbocycles. The number of esters is 3. The Morgan fingerprint density at radius 3 is 1.92 bits per heavy atom. The van der Waals surface area contributed by atoms with Crippen LogP contribution in [0.5, 0.6) is 0 Å². The van der Waals surface area contributed by atoms with Gasteiger partial charge in [0.25, 0.3) is 0 Å². The summed E-state index contributed by atoms with van der Waals surface area (Å²) in [4.78, 5) is 47.4. The SMILES string of the molecule is COC(=O)C[C@H](C(=O)OC)[C@@H](NC(=O)[C@@H](O)CC(C)C)C(=O)OC. The Kier molecular flexibility index (Phi) is 9.63. The summed E-state index contributed by atoms with van der Waals surface area (Å²) in [5.74, 6) is -4.76. The molecule has 0 bridgehead atoms. The van der Waals surface area contributed by atoms with E-state index in [1.807, 2.05) is 13.8 Å². The first-order valence-electron chi connectivity index (χ1n) is 7.38. The van der Waals surface area contributed by atoms with E-state index in [0.29, 0.717) is 0 Å². The van der Waals surface area contributed by atoms with Crippen LogP contribution in [0.1, 0.15) is 26.7 Å². The summed E-state index contributed by atoms with van der Waals surface area (Å²) in [6.45, 7) is 3.62. The predicted octanol–water partition coefficient (Wildman–Crippen LogP) is -0.596. The number of ether oxygens (including phenoxy) is 3. The molecule has 0 aromatic heterocycles. The van der Waals surface area contributed by atoms with Crippen LogP contribution in [0.15, 0.2) is 0 Å². The van der Waals surface area contributed by atoms with Crippen LogP contribution in [0.25, 0.3) is 0 Å². The maximum Gasteiger partial charge on any atom is 0.329 e. The van der Waals surface area contributed by atoms with Gasteiger partial charge in [0.2, 0.25) is 5.91 Å². The lowest BCUT2D eigenvalue weighted by molar-refractivity contribution is -0.160. The Balaban J connectivity index is 5.38. The van der Waals surface area contributed by atoms with Gasteiger partial charge in [0.1, 0.15) is 12.1 Å². The smallest absolute Gasteiger partial charge is 0.329 e. The molecule has 3 atom stereocenters. The van der Waals surface area contributed by atoms with Crippen molar-refractivity contribution < 1.29 is 38.5 Å². The highest BCUT2D eigenvalue weighted by molar-refractivity contribution is 5.92. The van der Waals surface area contributed by atoms with Crippen molar-refractivity contribution >= 4 is 23.8 Å². The molecule has 0 aliphatic rings. The zero-order chi connectivity index (χ0) is 18.9. The monoisotopic (exact) mass is 347 g/mol. The molecule has 9 heteroatoms. The number of rotatable bonds is 9. The third kappa shape index (κ3) is 6.95. The largest absolute Gasteiger partial charge is 0.469 e. The molecule has 0 fully saturated rings. The normalized spacial score (nSPS) is 14.3. The Bertz CT molecular complexity index is 462. The first-order valence-corrected chi connectivity index (χ1v) is 7.38. The molecule has 1 amide bonds. The second-order valence-electron chi connectivity index (χ2n) is 5.56. The van der Waals surface area contributed by atoms with Crippen molar-refractivity contribution in [2.75, 3.05) is 21.3 Å². The lowest BCUT2D eigenvalue weighted by Crippen LogP contribution is -2.52. The summed E-state index contributed by atoms with van der Waals surface area (Å²) in [6.07, 6.45) is -1.70. The van der Waals surface area contributed by atoms with E-state index in [9.17, 15) is 24.3 Å². The minimum Gasteiger partial charge on any atom is -0.469 e. The topological polar surface area (TPSA) is 128 Å². The molecule has 0 aromatic carbocycles. The standard InChI is InChI=1S/C15H25NO8/c1-8(2)6-10(17)13(19)16-12(15(21)24-5)9(14(20)23-4)7-11(18)22-3/h8-10,12,17H,6-7H2,1-5H3,(H,16,19)/t9-,10-,12+/m0/s1. The second kappa shape index (κ2) is 10.6. The zero-order valence-corrected chi connectivity index (χ0v) is 14.5. The molecule has 0 spiro atoms. The number of carbonyl (C=O) groups excluding carboxylic acids is 4. The summed E-state index contributed by atoms with van der Waals surface area (Å²) in [6, 6.07) is -1.49. The van der Waals surface area contributed by atoms with E-state index in [4.69, 9.17) is 0 Å². The van der Waals surface area contributed by atoms with Gasteiger partial charge in [-0.1, -0.05) is 13.8 Å². The number of hydrogen-bond acceptors (Lipinski definition) is 8. The molecule has 138 valence electrons. The van der Waals surface area contributed by atoms with Gasteiger partial charge >= 0.3 is 17.9 Å². The molecule has 24 heavy (non-hydrogen) atoms. The number of nitrogens with one attached hydrogen (secondary N) is 1. The van der Waals surface area contributed by atoms with Crippen molar-refractivity contribution in [3.05, 3.63) is 0 Å². The second-order valence-corrected chi connectivity index (χ2v) is 5.56. The predicted molar refractivity (Wildman–Crippen MR) is 81.5 cm³/mol. The van der Waals surface area contributed by atoms with E-state index < -0.39 is 48.3 Å². The van der Waals surface area contributed by atoms with E-state index in [1.165, 1.54) is 0 Å². The van der Waals surface area contributed by atoms with Gasteiger partial charge in [-0.25, -0.2) is 4.79 Å². The van der Waals surface area contributed by atoms with Crippen LogP contribution in [0, 0.1) is 11.8 Å². The van der Waals surface area contributed by atoms with Crippen molar-refractivity contribution in [3.63, 3.8) is 0 Å². The molecular formula is C15H25NO8. The number of methoxy groups -OCH3 is 3. The number of amides is 1. The van der Waals surface area contributed by atoms with Gasteiger partial charge in [0.05, 0.1) is 33.7 Å². The summed E-state index contributed by atoms with van der Waals surface area (Å²) >= 11 is 0. The number of hydrogen-bond donors (Lipinski definition) is 2. The van der Waals surface area contributed by atoms with Crippen LogP contribution >= 0.6 is 0 Å². The fourth-order valence-electron chi connectivity index (χ4n) is 2.01. The molecule has 0 radical (unpaired) electrons. The fourth-order valence-corrected chi connectivity index (χ4v) is 2.01. The maximum absolute atomic E-state index is 12.0.